The Morgan fingerprint density at radius 2 is 1.63 bits per heavy atom. The zero-order valence-electron chi connectivity index (χ0n) is 12.4. The van der Waals surface area contributed by atoms with Crippen LogP contribution < -0.4 is 9.47 Å². The molecule has 0 amide bonds. The zero-order valence-corrected chi connectivity index (χ0v) is 12.4. The van der Waals surface area contributed by atoms with E-state index in [-0.39, 0.29) is 0 Å². The largest absolute Gasteiger partial charge is 0.497 e. The van der Waals surface area contributed by atoms with Crippen molar-refractivity contribution in [1.29, 1.82) is 0 Å². The van der Waals surface area contributed by atoms with Crippen LogP contribution in [-0.4, -0.2) is 13.7 Å². The van der Waals surface area contributed by atoms with E-state index in [4.69, 9.17) is 9.47 Å². The Labute approximate surface area is 116 Å². The zero-order chi connectivity index (χ0) is 14.1. The molecule has 0 aliphatic rings. The first kappa shape index (κ1) is 15.4. The first-order valence-electron chi connectivity index (χ1n) is 6.67. The Balaban J connectivity index is 2.33. The van der Waals surface area contributed by atoms with Crippen LogP contribution in [0.5, 0.6) is 11.5 Å². The molecule has 0 radical (unpaired) electrons. The van der Waals surface area contributed by atoms with Gasteiger partial charge in [-0.1, -0.05) is 17.2 Å². The summed E-state index contributed by atoms with van der Waals surface area (Å²) in [6.07, 6.45) is 6.61. The normalized spacial score (nSPS) is 11.1. The Bertz CT molecular complexity index is 423. The van der Waals surface area contributed by atoms with Crippen molar-refractivity contribution in [3.8, 4) is 11.5 Å². The third-order valence-corrected chi connectivity index (χ3v) is 2.83. The number of methoxy groups -OCH3 is 1. The van der Waals surface area contributed by atoms with E-state index in [2.05, 4.69) is 32.9 Å². The lowest BCUT2D eigenvalue weighted by atomic mass is 10.1. The molecule has 0 bridgehead atoms. The lowest BCUT2D eigenvalue weighted by Crippen LogP contribution is -1.94. The first-order chi connectivity index (χ1) is 9.11. The van der Waals surface area contributed by atoms with Gasteiger partial charge < -0.3 is 9.47 Å². The van der Waals surface area contributed by atoms with Gasteiger partial charge in [-0.3, -0.25) is 0 Å². The highest BCUT2D eigenvalue weighted by Crippen LogP contribution is 2.17. The SMILES string of the molecule is COc1ccc(OC/C=C(\C)CCC=C(C)C)cc1. The summed E-state index contributed by atoms with van der Waals surface area (Å²) in [6, 6.07) is 7.65. The van der Waals surface area contributed by atoms with E-state index in [0.29, 0.717) is 6.61 Å². The van der Waals surface area contributed by atoms with E-state index in [9.17, 15) is 0 Å². The lowest BCUT2D eigenvalue weighted by Gasteiger charge is -2.05. The molecular formula is C17H24O2. The molecular weight excluding hydrogens is 236 g/mol. The number of ether oxygens (including phenoxy) is 2. The van der Waals surface area contributed by atoms with E-state index < -0.39 is 0 Å². The number of benzene rings is 1. The maximum atomic E-state index is 5.66. The average molecular weight is 260 g/mol. The van der Waals surface area contributed by atoms with Crippen molar-refractivity contribution in [2.45, 2.75) is 33.6 Å². The molecule has 19 heavy (non-hydrogen) atoms. The fourth-order valence-corrected chi connectivity index (χ4v) is 1.64. The summed E-state index contributed by atoms with van der Waals surface area (Å²) in [4.78, 5) is 0. The first-order valence-corrected chi connectivity index (χ1v) is 6.67. The van der Waals surface area contributed by atoms with Crippen LogP contribution in [0.4, 0.5) is 0 Å². The van der Waals surface area contributed by atoms with Gasteiger partial charge >= 0.3 is 0 Å². The molecule has 0 spiro atoms. The van der Waals surface area contributed by atoms with Gasteiger partial charge in [-0.2, -0.15) is 0 Å². The number of hydrogen-bond acceptors (Lipinski definition) is 2. The summed E-state index contributed by atoms with van der Waals surface area (Å²) in [5.41, 5.74) is 2.74. The third-order valence-electron chi connectivity index (χ3n) is 2.83. The van der Waals surface area contributed by atoms with Gasteiger partial charge in [-0.25, -0.2) is 0 Å². The van der Waals surface area contributed by atoms with Gasteiger partial charge in [0.1, 0.15) is 18.1 Å². The quantitative estimate of drug-likeness (QED) is 0.658. The maximum Gasteiger partial charge on any atom is 0.120 e. The molecule has 104 valence electrons. The highest BCUT2D eigenvalue weighted by Gasteiger charge is 1.94. The van der Waals surface area contributed by atoms with E-state index in [1.807, 2.05) is 24.3 Å². The van der Waals surface area contributed by atoms with Crippen molar-refractivity contribution in [2.75, 3.05) is 13.7 Å². The van der Waals surface area contributed by atoms with Gasteiger partial charge in [-0.05, 0) is 64.0 Å². The Morgan fingerprint density at radius 3 is 2.21 bits per heavy atom. The summed E-state index contributed by atoms with van der Waals surface area (Å²) >= 11 is 0. The number of rotatable bonds is 7. The summed E-state index contributed by atoms with van der Waals surface area (Å²) < 4.78 is 10.8. The fraction of sp³-hybridized carbons (Fsp3) is 0.412. The highest BCUT2D eigenvalue weighted by molar-refractivity contribution is 5.31. The van der Waals surface area contributed by atoms with Gasteiger partial charge in [0.2, 0.25) is 0 Å². The van der Waals surface area contributed by atoms with E-state index in [1.54, 1.807) is 7.11 Å². The second-order valence-electron chi connectivity index (χ2n) is 4.86. The minimum atomic E-state index is 0.618. The monoisotopic (exact) mass is 260 g/mol. The Kier molecular flexibility index (Phi) is 6.80. The molecule has 1 aromatic rings. The summed E-state index contributed by atoms with van der Waals surface area (Å²) in [7, 11) is 1.66. The molecule has 0 saturated heterocycles. The van der Waals surface area contributed by atoms with Gasteiger partial charge in [0.25, 0.3) is 0 Å². The van der Waals surface area contributed by atoms with E-state index in [1.165, 1.54) is 11.1 Å². The van der Waals surface area contributed by atoms with Crippen molar-refractivity contribution >= 4 is 0 Å². The third kappa shape index (κ3) is 6.70. The van der Waals surface area contributed by atoms with E-state index in [0.717, 1.165) is 24.3 Å². The van der Waals surface area contributed by atoms with Crippen molar-refractivity contribution < 1.29 is 9.47 Å². The minimum absolute atomic E-state index is 0.618. The van der Waals surface area contributed by atoms with Crippen LogP contribution in [0.3, 0.4) is 0 Å². The molecule has 0 atom stereocenters. The lowest BCUT2D eigenvalue weighted by molar-refractivity contribution is 0.359. The maximum absolute atomic E-state index is 5.66. The van der Waals surface area contributed by atoms with Crippen LogP contribution in [-0.2, 0) is 0 Å². The molecule has 0 N–H and O–H groups in total. The van der Waals surface area contributed by atoms with Crippen LogP contribution in [0, 0.1) is 0 Å². The Morgan fingerprint density at radius 1 is 1.00 bits per heavy atom. The predicted octanol–water partition coefficient (Wildman–Crippen LogP) is 4.77. The second-order valence-corrected chi connectivity index (χ2v) is 4.86. The van der Waals surface area contributed by atoms with Crippen LogP contribution in [0.25, 0.3) is 0 Å². The van der Waals surface area contributed by atoms with Crippen LogP contribution >= 0.6 is 0 Å². The molecule has 0 fully saturated rings. The fourth-order valence-electron chi connectivity index (χ4n) is 1.64. The van der Waals surface area contributed by atoms with Crippen LogP contribution in [0.15, 0.2) is 47.6 Å². The molecule has 0 aromatic heterocycles. The van der Waals surface area contributed by atoms with E-state index >= 15 is 0 Å². The summed E-state index contributed by atoms with van der Waals surface area (Å²) in [5.74, 6) is 1.72. The molecule has 1 aromatic carbocycles. The Hall–Kier alpha value is -1.70. The van der Waals surface area contributed by atoms with Gasteiger partial charge in [0, 0.05) is 0 Å². The molecule has 0 aliphatic carbocycles. The van der Waals surface area contributed by atoms with Crippen molar-refractivity contribution in [1.82, 2.24) is 0 Å². The minimum Gasteiger partial charge on any atom is -0.497 e. The highest BCUT2D eigenvalue weighted by atomic mass is 16.5. The molecule has 0 heterocycles. The topological polar surface area (TPSA) is 18.5 Å². The van der Waals surface area contributed by atoms with Crippen molar-refractivity contribution in [3.05, 3.63) is 47.6 Å². The predicted molar refractivity (Wildman–Crippen MR) is 80.9 cm³/mol. The smallest absolute Gasteiger partial charge is 0.120 e. The van der Waals surface area contributed by atoms with Gasteiger partial charge in [0.15, 0.2) is 0 Å². The summed E-state index contributed by atoms with van der Waals surface area (Å²) in [5, 5.41) is 0. The molecule has 0 unspecified atom stereocenters. The summed E-state index contributed by atoms with van der Waals surface area (Å²) in [6.45, 7) is 7.03. The standard InChI is InChI=1S/C17H24O2/c1-14(2)6-5-7-15(3)12-13-19-17-10-8-16(18-4)9-11-17/h6,8-12H,5,7,13H2,1-4H3/b15-12+. The number of hydrogen-bond donors (Lipinski definition) is 0. The van der Waals surface area contributed by atoms with Gasteiger partial charge in [-0.15, -0.1) is 0 Å². The molecule has 2 heteroatoms. The van der Waals surface area contributed by atoms with Crippen molar-refractivity contribution in [3.63, 3.8) is 0 Å². The van der Waals surface area contributed by atoms with Gasteiger partial charge in [0.05, 0.1) is 7.11 Å². The average Bonchev–Trinajstić information content (AvgIpc) is 2.39. The molecule has 1 rings (SSSR count). The number of allylic oxidation sites excluding steroid dienone is 3. The molecule has 0 saturated carbocycles. The second kappa shape index (κ2) is 8.41. The van der Waals surface area contributed by atoms with Crippen molar-refractivity contribution in [2.24, 2.45) is 0 Å². The van der Waals surface area contributed by atoms with Crippen LogP contribution in [0.1, 0.15) is 33.6 Å². The molecule has 0 aliphatic heterocycles. The van der Waals surface area contributed by atoms with Crippen LogP contribution in [0.2, 0.25) is 0 Å². The molecule has 2 nitrogen and oxygen atoms in total.